The van der Waals surface area contributed by atoms with Gasteiger partial charge in [-0.1, -0.05) is 0 Å². The number of aromatic amines is 1. The first-order valence-corrected chi connectivity index (χ1v) is 9.34. The van der Waals surface area contributed by atoms with E-state index in [1.54, 1.807) is 10.9 Å². The fraction of sp³-hybridized carbons (Fsp3) is 0.500. The van der Waals surface area contributed by atoms with E-state index in [0.29, 0.717) is 25.6 Å². The lowest BCUT2D eigenvalue weighted by Crippen LogP contribution is -2.44. The highest BCUT2D eigenvalue weighted by Gasteiger charge is 2.32. The summed E-state index contributed by atoms with van der Waals surface area (Å²) in [6.07, 6.45) is 4.45. The number of ether oxygens (including phenoxy) is 1. The highest BCUT2D eigenvalue weighted by molar-refractivity contribution is 5.96. The van der Waals surface area contributed by atoms with Gasteiger partial charge in [0.05, 0.1) is 36.5 Å². The molecule has 142 valence electrons. The molecule has 0 aliphatic carbocycles. The highest BCUT2D eigenvalue weighted by atomic mass is 19.1. The zero-order valence-corrected chi connectivity index (χ0v) is 15.2. The molecule has 5 heterocycles. The van der Waals surface area contributed by atoms with Gasteiger partial charge in [-0.05, 0) is 13.3 Å². The van der Waals surface area contributed by atoms with E-state index in [-0.39, 0.29) is 12.7 Å². The van der Waals surface area contributed by atoms with E-state index < -0.39 is 0 Å². The van der Waals surface area contributed by atoms with E-state index in [9.17, 15) is 4.39 Å². The first-order chi connectivity index (χ1) is 13.3. The van der Waals surface area contributed by atoms with E-state index in [4.69, 9.17) is 9.72 Å². The lowest BCUT2D eigenvalue weighted by atomic mass is 10.1. The first-order valence-electron chi connectivity index (χ1n) is 9.34. The Kier molecular flexibility index (Phi) is 3.96. The zero-order valence-electron chi connectivity index (χ0n) is 15.2. The molecule has 1 atom stereocenters. The van der Waals surface area contributed by atoms with E-state index in [1.165, 1.54) is 5.56 Å². The van der Waals surface area contributed by atoms with Crippen molar-refractivity contribution >= 4 is 22.5 Å². The molecule has 0 radical (unpaired) electrons. The monoisotopic (exact) mass is 371 g/mol. The Balaban J connectivity index is 1.73. The van der Waals surface area contributed by atoms with Crippen LogP contribution in [0.3, 0.4) is 0 Å². The molecule has 8 nitrogen and oxygen atoms in total. The number of nitrogens with one attached hydrogen (secondary N) is 1. The number of fused-ring (bicyclic) bond motifs is 3. The van der Waals surface area contributed by atoms with Crippen molar-refractivity contribution in [2.24, 2.45) is 0 Å². The number of pyridine rings is 1. The molecule has 1 fully saturated rings. The average Bonchev–Trinajstić information content (AvgIpc) is 3.41. The molecule has 3 aromatic heterocycles. The standard InChI is InChI=1S/C18H22FN7O/c1-12-11-27-9-8-25(12)17-13-3-6-24(7-4-19)16(13)14-10-21-26(18(14)22-17)15-2-5-20-23-15/h2,5,10,12H,3-4,6-9,11H2,1H3,(H,20,23)/t12-/m1/s1. The van der Waals surface area contributed by atoms with Crippen LogP contribution < -0.4 is 9.80 Å². The van der Waals surface area contributed by atoms with Gasteiger partial charge in [0.25, 0.3) is 0 Å². The molecule has 27 heavy (non-hydrogen) atoms. The number of hydrogen-bond donors (Lipinski definition) is 1. The van der Waals surface area contributed by atoms with Crippen LogP contribution in [-0.4, -0.2) is 70.5 Å². The number of alkyl halides is 1. The minimum Gasteiger partial charge on any atom is -0.377 e. The van der Waals surface area contributed by atoms with Crippen LogP contribution in [0.25, 0.3) is 16.9 Å². The van der Waals surface area contributed by atoms with Crippen LogP contribution in [0.1, 0.15) is 12.5 Å². The Hall–Kier alpha value is -2.68. The van der Waals surface area contributed by atoms with Gasteiger partial charge in [-0.3, -0.25) is 5.10 Å². The summed E-state index contributed by atoms with van der Waals surface area (Å²) in [5, 5.41) is 12.5. The first kappa shape index (κ1) is 16.5. The summed E-state index contributed by atoms with van der Waals surface area (Å²) in [7, 11) is 0. The van der Waals surface area contributed by atoms with Gasteiger partial charge < -0.3 is 14.5 Å². The highest BCUT2D eigenvalue weighted by Crippen LogP contribution is 2.41. The Morgan fingerprint density at radius 2 is 2.30 bits per heavy atom. The van der Waals surface area contributed by atoms with Crippen molar-refractivity contribution in [2.45, 2.75) is 19.4 Å². The lowest BCUT2D eigenvalue weighted by molar-refractivity contribution is 0.0985. The van der Waals surface area contributed by atoms with Gasteiger partial charge in [0, 0.05) is 37.5 Å². The number of morpholine rings is 1. The molecule has 0 amide bonds. The summed E-state index contributed by atoms with van der Waals surface area (Å²) in [5.41, 5.74) is 3.00. The molecular weight excluding hydrogens is 349 g/mol. The Bertz CT molecular complexity index is 954. The van der Waals surface area contributed by atoms with Crippen LogP contribution in [0.15, 0.2) is 18.5 Å². The van der Waals surface area contributed by atoms with E-state index in [2.05, 4.69) is 32.0 Å². The number of aromatic nitrogens is 5. The molecular formula is C18H22FN7O. The van der Waals surface area contributed by atoms with Crippen molar-refractivity contribution in [3.63, 3.8) is 0 Å². The van der Waals surface area contributed by atoms with Gasteiger partial charge in [-0.2, -0.15) is 14.9 Å². The number of halogens is 1. The molecule has 0 bridgehead atoms. The molecule has 1 saturated heterocycles. The van der Waals surface area contributed by atoms with E-state index in [1.807, 2.05) is 12.3 Å². The van der Waals surface area contributed by atoms with Crippen molar-refractivity contribution in [1.82, 2.24) is 25.0 Å². The zero-order chi connectivity index (χ0) is 18.4. The summed E-state index contributed by atoms with van der Waals surface area (Å²) in [6, 6.07) is 2.10. The molecule has 5 rings (SSSR count). The predicted octanol–water partition coefficient (Wildman–Crippen LogP) is 1.70. The van der Waals surface area contributed by atoms with Gasteiger partial charge >= 0.3 is 0 Å². The molecule has 0 unspecified atom stereocenters. The lowest BCUT2D eigenvalue weighted by Gasteiger charge is -2.35. The average molecular weight is 371 g/mol. The number of nitrogens with zero attached hydrogens (tertiary/aromatic N) is 6. The van der Waals surface area contributed by atoms with Crippen LogP contribution in [0.2, 0.25) is 0 Å². The Labute approximate surface area is 155 Å². The van der Waals surface area contributed by atoms with Crippen LogP contribution in [-0.2, 0) is 11.2 Å². The van der Waals surface area contributed by atoms with Crippen molar-refractivity contribution in [3.8, 4) is 5.82 Å². The Morgan fingerprint density at radius 1 is 1.37 bits per heavy atom. The number of H-pyrrole nitrogens is 1. The Morgan fingerprint density at radius 3 is 3.07 bits per heavy atom. The second-order valence-electron chi connectivity index (χ2n) is 7.03. The third kappa shape index (κ3) is 2.56. The van der Waals surface area contributed by atoms with Gasteiger partial charge in [-0.25, -0.2) is 9.37 Å². The van der Waals surface area contributed by atoms with E-state index in [0.717, 1.165) is 42.0 Å². The molecule has 2 aliphatic rings. The topological polar surface area (TPSA) is 75.1 Å². The molecule has 1 N–H and O–H groups in total. The maximum atomic E-state index is 13.2. The summed E-state index contributed by atoms with van der Waals surface area (Å²) in [4.78, 5) is 9.45. The van der Waals surface area contributed by atoms with Crippen molar-refractivity contribution in [1.29, 1.82) is 0 Å². The normalized spacial score (nSPS) is 19.9. The molecule has 9 heteroatoms. The smallest absolute Gasteiger partial charge is 0.177 e. The van der Waals surface area contributed by atoms with Crippen LogP contribution in [0.4, 0.5) is 15.9 Å². The summed E-state index contributed by atoms with van der Waals surface area (Å²) >= 11 is 0. The van der Waals surface area contributed by atoms with Gasteiger partial charge in [0.1, 0.15) is 12.5 Å². The molecule has 0 aromatic carbocycles. The number of rotatable bonds is 4. The fourth-order valence-electron chi connectivity index (χ4n) is 4.15. The van der Waals surface area contributed by atoms with Crippen molar-refractivity contribution < 1.29 is 9.13 Å². The fourth-order valence-corrected chi connectivity index (χ4v) is 4.15. The van der Waals surface area contributed by atoms with Crippen molar-refractivity contribution in [2.75, 3.05) is 49.3 Å². The SMILES string of the molecule is C[C@@H]1COCCN1c1nc2c(cnn2-c2cc[nH]n2)c2c1CCN2CCF. The maximum absolute atomic E-state index is 13.2. The summed E-state index contributed by atoms with van der Waals surface area (Å²) in [5.74, 6) is 1.65. The van der Waals surface area contributed by atoms with E-state index >= 15 is 0 Å². The molecule has 0 saturated carbocycles. The van der Waals surface area contributed by atoms with Gasteiger partial charge in [0.2, 0.25) is 0 Å². The molecule has 3 aromatic rings. The number of anilines is 2. The minimum atomic E-state index is -0.375. The van der Waals surface area contributed by atoms with Gasteiger partial charge in [0.15, 0.2) is 11.5 Å². The predicted molar refractivity (Wildman–Crippen MR) is 101 cm³/mol. The van der Waals surface area contributed by atoms with Crippen LogP contribution >= 0.6 is 0 Å². The second-order valence-corrected chi connectivity index (χ2v) is 7.03. The van der Waals surface area contributed by atoms with Gasteiger partial charge in [-0.15, -0.1) is 0 Å². The third-order valence-corrected chi connectivity index (χ3v) is 5.41. The molecule has 2 aliphatic heterocycles. The number of hydrogen-bond acceptors (Lipinski definition) is 6. The molecule has 0 spiro atoms. The van der Waals surface area contributed by atoms with Crippen molar-refractivity contribution in [3.05, 3.63) is 24.0 Å². The minimum absolute atomic E-state index is 0.241. The largest absolute Gasteiger partial charge is 0.377 e. The van der Waals surface area contributed by atoms with Crippen LogP contribution in [0.5, 0.6) is 0 Å². The van der Waals surface area contributed by atoms with Crippen LogP contribution in [0, 0.1) is 0 Å². The summed E-state index contributed by atoms with van der Waals surface area (Å²) < 4.78 is 20.5. The summed E-state index contributed by atoms with van der Waals surface area (Å²) in [6.45, 7) is 5.13. The quantitative estimate of drug-likeness (QED) is 0.752. The third-order valence-electron chi connectivity index (χ3n) is 5.41. The maximum Gasteiger partial charge on any atom is 0.177 e. The second kappa shape index (κ2) is 6.49.